The summed E-state index contributed by atoms with van der Waals surface area (Å²) in [6.45, 7) is 0. The molecular formula is C20H16ClN3O3S2. The number of aromatic amines is 1. The monoisotopic (exact) mass is 445 g/mol. The molecule has 29 heavy (non-hydrogen) atoms. The Labute approximate surface area is 176 Å². The van der Waals surface area contributed by atoms with Gasteiger partial charge in [-0.05, 0) is 53.9 Å². The zero-order valence-corrected chi connectivity index (χ0v) is 17.4. The lowest BCUT2D eigenvalue weighted by atomic mass is 10.2. The molecule has 0 radical (unpaired) electrons. The van der Waals surface area contributed by atoms with E-state index in [-0.39, 0.29) is 23.0 Å². The number of H-pyrrole nitrogens is 1. The van der Waals surface area contributed by atoms with Gasteiger partial charge in [0, 0.05) is 17.1 Å². The van der Waals surface area contributed by atoms with E-state index in [2.05, 4.69) is 15.3 Å². The predicted molar refractivity (Wildman–Crippen MR) is 116 cm³/mol. The lowest BCUT2D eigenvalue weighted by Gasteiger charge is -2.07. The minimum absolute atomic E-state index is 0.146. The Bertz CT molecular complexity index is 1260. The van der Waals surface area contributed by atoms with Crippen molar-refractivity contribution in [2.24, 2.45) is 0 Å². The standard InChI is InChI=1S/C20H16ClN3O3S2/c21-13-3-6-15(7-4-13)29(26,27)11-9-19(25)22-14-5-8-16-17(12-14)24-20(23-16)18-2-1-10-28-18/h1-8,10,12H,9,11H2,(H,22,25)(H,23,24). The number of carbonyl (C=O) groups is 1. The van der Waals surface area contributed by atoms with Crippen molar-refractivity contribution in [3.63, 3.8) is 0 Å². The summed E-state index contributed by atoms with van der Waals surface area (Å²) >= 11 is 7.37. The lowest BCUT2D eigenvalue weighted by molar-refractivity contribution is -0.115. The Hall–Kier alpha value is -2.68. The van der Waals surface area contributed by atoms with Gasteiger partial charge >= 0.3 is 0 Å². The van der Waals surface area contributed by atoms with Crippen LogP contribution >= 0.6 is 22.9 Å². The number of carbonyl (C=O) groups excluding carboxylic acids is 1. The van der Waals surface area contributed by atoms with Gasteiger partial charge in [-0.1, -0.05) is 17.7 Å². The Morgan fingerprint density at radius 1 is 1.14 bits per heavy atom. The maximum absolute atomic E-state index is 12.4. The van der Waals surface area contributed by atoms with Crippen LogP contribution in [0.5, 0.6) is 0 Å². The highest BCUT2D eigenvalue weighted by Crippen LogP contribution is 2.26. The van der Waals surface area contributed by atoms with E-state index in [1.807, 2.05) is 23.6 Å². The number of anilines is 1. The minimum atomic E-state index is -3.56. The number of nitrogens with one attached hydrogen (secondary N) is 2. The second-order valence-electron chi connectivity index (χ2n) is 6.37. The van der Waals surface area contributed by atoms with Crippen molar-refractivity contribution in [3.05, 3.63) is 65.0 Å². The maximum atomic E-state index is 12.4. The smallest absolute Gasteiger partial charge is 0.225 e. The molecule has 0 fully saturated rings. The van der Waals surface area contributed by atoms with E-state index in [1.54, 1.807) is 23.5 Å². The number of aromatic nitrogens is 2. The molecule has 0 aliphatic carbocycles. The molecule has 2 heterocycles. The first kappa shape index (κ1) is 19.6. The number of hydrogen-bond acceptors (Lipinski definition) is 5. The van der Waals surface area contributed by atoms with Crippen molar-refractivity contribution in [1.82, 2.24) is 9.97 Å². The van der Waals surface area contributed by atoms with Crippen LogP contribution in [0.4, 0.5) is 5.69 Å². The van der Waals surface area contributed by atoms with Gasteiger partial charge < -0.3 is 10.3 Å². The van der Waals surface area contributed by atoms with E-state index in [0.717, 1.165) is 21.7 Å². The van der Waals surface area contributed by atoms with E-state index < -0.39 is 9.84 Å². The van der Waals surface area contributed by atoms with Gasteiger partial charge in [0.15, 0.2) is 9.84 Å². The number of thiophene rings is 1. The first-order chi connectivity index (χ1) is 13.9. The molecule has 0 unspecified atom stereocenters. The third kappa shape index (κ3) is 4.50. The average Bonchev–Trinajstić information content (AvgIpc) is 3.36. The van der Waals surface area contributed by atoms with Crippen molar-refractivity contribution in [2.45, 2.75) is 11.3 Å². The summed E-state index contributed by atoms with van der Waals surface area (Å²) in [6.07, 6.45) is -0.146. The molecule has 0 saturated heterocycles. The van der Waals surface area contributed by atoms with Gasteiger partial charge in [-0.15, -0.1) is 11.3 Å². The molecule has 0 aliphatic rings. The summed E-state index contributed by atoms with van der Waals surface area (Å²) in [6, 6.07) is 15.2. The van der Waals surface area contributed by atoms with Crippen LogP contribution in [0.25, 0.3) is 21.7 Å². The molecule has 148 valence electrons. The van der Waals surface area contributed by atoms with Crippen molar-refractivity contribution in [1.29, 1.82) is 0 Å². The molecule has 2 aromatic heterocycles. The second kappa shape index (κ2) is 7.98. The number of benzene rings is 2. The quantitative estimate of drug-likeness (QED) is 0.448. The Morgan fingerprint density at radius 3 is 2.66 bits per heavy atom. The second-order valence-corrected chi connectivity index (χ2v) is 9.86. The van der Waals surface area contributed by atoms with Crippen LogP contribution in [0.2, 0.25) is 5.02 Å². The fraction of sp³-hybridized carbons (Fsp3) is 0.100. The first-order valence-corrected chi connectivity index (χ1v) is 11.6. The van der Waals surface area contributed by atoms with Gasteiger partial charge in [-0.25, -0.2) is 13.4 Å². The van der Waals surface area contributed by atoms with Gasteiger partial charge in [-0.2, -0.15) is 0 Å². The highest BCUT2D eigenvalue weighted by Gasteiger charge is 2.17. The molecule has 2 aromatic carbocycles. The zero-order valence-electron chi connectivity index (χ0n) is 15.1. The van der Waals surface area contributed by atoms with E-state index >= 15 is 0 Å². The average molecular weight is 446 g/mol. The molecule has 0 atom stereocenters. The number of imidazole rings is 1. The molecule has 0 saturated carbocycles. The molecule has 6 nitrogen and oxygen atoms in total. The lowest BCUT2D eigenvalue weighted by Crippen LogP contribution is -2.17. The summed E-state index contributed by atoms with van der Waals surface area (Å²) in [5.41, 5.74) is 2.16. The molecule has 4 rings (SSSR count). The predicted octanol–water partition coefficient (Wildman–Crippen LogP) is 4.75. The molecule has 4 aromatic rings. The molecule has 1 amide bonds. The topological polar surface area (TPSA) is 91.9 Å². The van der Waals surface area contributed by atoms with Crippen LogP contribution < -0.4 is 5.32 Å². The highest BCUT2D eigenvalue weighted by atomic mass is 35.5. The van der Waals surface area contributed by atoms with E-state index in [4.69, 9.17) is 11.6 Å². The summed E-state index contributed by atoms with van der Waals surface area (Å²) in [7, 11) is -3.56. The third-order valence-electron chi connectivity index (χ3n) is 4.29. The molecule has 2 N–H and O–H groups in total. The fourth-order valence-electron chi connectivity index (χ4n) is 2.83. The highest BCUT2D eigenvalue weighted by molar-refractivity contribution is 7.91. The molecule has 0 aliphatic heterocycles. The molecular weight excluding hydrogens is 430 g/mol. The van der Waals surface area contributed by atoms with Crippen molar-refractivity contribution >= 4 is 55.4 Å². The van der Waals surface area contributed by atoms with Gasteiger partial charge in [-0.3, -0.25) is 4.79 Å². The summed E-state index contributed by atoms with van der Waals surface area (Å²) in [5, 5.41) is 5.18. The third-order valence-corrected chi connectivity index (χ3v) is 7.15. The Balaban J connectivity index is 1.42. The van der Waals surface area contributed by atoms with Gasteiger partial charge in [0.1, 0.15) is 5.82 Å². The van der Waals surface area contributed by atoms with Crippen LogP contribution in [-0.2, 0) is 14.6 Å². The normalized spacial score (nSPS) is 11.6. The number of nitrogens with zero attached hydrogens (tertiary/aromatic N) is 1. The largest absolute Gasteiger partial charge is 0.337 e. The van der Waals surface area contributed by atoms with Crippen LogP contribution in [0, 0.1) is 0 Å². The summed E-state index contributed by atoms with van der Waals surface area (Å²) in [4.78, 5) is 21.2. The number of fused-ring (bicyclic) bond motifs is 1. The number of hydrogen-bond donors (Lipinski definition) is 2. The number of amides is 1. The number of rotatable bonds is 6. The number of halogens is 1. The SMILES string of the molecule is O=C(CCS(=O)(=O)c1ccc(Cl)cc1)Nc1ccc2nc(-c3cccs3)[nH]c2c1. The summed E-state index contributed by atoms with van der Waals surface area (Å²) in [5.74, 6) is 0.113. The van der Waals surface area contributed by atoms with Gasteiger partial charge in [0.25, 0.3) is 0 Å². The van der Waals surface area contributed by atoms with E-state index in [1.165, 1.54) is 24.3 Å². The van der Waals surface area contributed by atoms with Crippen LogP contribution in [-0.4, -0.2) is 30.0 Å². The van der Waals surface area contributed by atoms with Crippen molar-refractivity contribution < 1.29 is 13.2 Å². The Morgan fingerprint density at radius 2 is 1.93 bits per heavy atom. The van der Waals surface area contributed by atoms with E-state index in [0.29, 0.717) is 10.7 Å². The Kier molecular flexibility index (Phi) is 5.40. The van der Waals surface area contributed by atoms with Crippen molar-refractivity contribution in [3.8, 4) is 10.7 Å². The zero-order chi connectivity index (χ0) is 20.4. The fourth-order valence-corrected chi connectivity index (χ4v) is 4.86. The van der Waals surface area contributed by atoms with E-state index in [9.17, 15) is 13.2 Å². The van der Waals surface area contributed by atoms with Crippen molar-refractivity contribution in [2.75, 3.05) is 11.1 Å². The van der Waals surface area contributed by atoms with Gasteiger partial charge in [0.2, 0.25) is 5.91 Å². The van der Waals surface area contributed by atoms with Crippen LogP contribution in [0.1, 0.15) is 6.42 Å². The minimum Gasteiger partial charge on any atom is -0.337 e. The van der Waals surface area contributed by atoms with Crippen LogP contribution in [0.15, 0.2) is 64.9 Å². The van der Waals surface area contributed by atoms with Gasteiger partial charge in [0.05, 0.1) is 26.6 Å². The first-order valence-electron chi connectivity index (χ1n) is 8.72. The van der Waals surface area contributed by atoms with Crippen LogP contribution in [0.3, 0.4) is 0 Å². The maximum Gasteiger partial charge on any atom is 0.225 e. The number of sulfone groups is 1. The molecule has 9 heteroatoms. The summed E-state index contributed by atoms with van der Waals surface area (Å²) < 4.78 is 24.7. The molecule has 0 bridgehead atoms. The molecule has 0 spiro atoms.